The van der Waals surface area contributed by atoms with E-state index >= 15 is 0 Å². The summed E-state index contributed by atoms with van der Waals surface area (Å²) in [5.74, 6) is -0.670. The first-order valence-electron chi connectivity index (χ1n) is 6.92. The van der Waals surface area contributed by atoms with Gasteiger partial charge in [-0.05, 0) is 34.6 Å². The number of aldehydes is 1. The van der Waals surface area contributed by atoms with Crippen LogP contribution in [0.15, 0.2) is 0 Å². The first kappa shape index (κ1) is 15.3. The quantitative estimate of drug-likeness (QED) is 0.723. The van der Waals surface area contributed by atoms with E-state index in [0.717, 1.165) is 6.29 Å². The lowest BCUT2D eigenvalue weighted by molar-refractivity contribution is -0.161. The third-order valence-corrected chi connectivity index (χ3v) is 3.34. The van der Waals surface area contributed by atoms with E-state index in [9.17, 15) is 9.59 Å². The molecule has 0 aromatic rings. The van der Waals surface area contributed by atoms with Crippen molar-refractivity contribution >= 4 is 12.4 Å². The topological polar surface area (TPSA) is 65.1 Å². The number of likely N-dealkylation sites (tertiary alicyclic amines) is 1. The highest BCUT2D eigenvalue weighted by molar-refractivity contribution is 5.70. The van der Waals surface area contributed by atoms with Gasteiger partial charge in [0.25, 0.3) is 0 Å². The molecule has 0 bridgehead atoms. The maximum Gasteiger partial charge on any atom is 0.410 e. The fourth-order valence-electron chi connectivity index (χ4n) is 2.73. The van der Waals surface area contributed by atoms with Gasteiger partial charge in [0.05, 0.1) is 12.6 Å². The zero-order valence-electron chi connectivity index (χ0n) is 12.7. The molecule has 20 heavy (non-hydrogen) atoms. The Morgan fingerprint density at radius 1 is 1.40 bits per heavy atom. The fourth-order valence-corrected chi connectivity index (χ4v) is 2.73. The molecular weight excluding hydrogens is 262 g/mol. The molecule has 1 amide bonds. The van der Waals surface area contributed by atoms with Crippen LogP contribution in [0, 0.1) is 0 Å². The summed E-state index contributed by atoms with van der Waals surface area (Å²) in [5.41, 5.74) is -0.568. The van der Waals surface area contributed by atoms with Crippen molar-refractivity contribution < 1.29 is 23.8 Å². The monoisotopic (exact) mass is 285 g/mol. The highest BCUT2D eigenvalue weighted by Crippen LogP contribution is 2.38. The highest BCUT2D eigenvalue weighted by atomic mass is 16.8. The zero-order chi connectivity index (χ0) is 15.1. The average molecular weight is 285 g/mol. The maximum absolute atomic E-state index is 12.2. The lowest BCUT2D eigenvalue weighted by atomic mass is 10.1. The highest BCUT2D eigenvalue weighted by Gasteiger charge is 2.54. The molecular formula is C14H23NO5. The molecule has 6 heteroatoms. The first-order chi connectivity index (χ1) is 9.13. The minimum Gasteiger partial charge on any atom is -0.444 e. The molecule has 0 spiro atoms. The lowest BCUT2D eigenvalue weighted by Crippen LogP contribution is -2.44. The molecule has 2 rings (SSSR count). The van der Waals surface area contributed by atoms with E-state index in [4.69, 9.17) is 14.2 Å². The third-order valence-electron chi connectivity index (χ3n) is 3.34. The SMILES string of the molecule is CC(C)(C)OC(=O)N1C[C@H]2OC(C)(C)O[C@H]2[C@H]1CC=O. The molecule has 2 aliphatic rings. The summed E-state index contributed by atoms with van der Waals surface area (Å²) in [6, 6.07) is -0.325. The van der Waals surface area contributed by atoms with Crippen molar-refractivity contribution in [3.63, 3.8) is 0 Å². The Kier molecular flexibility index (Phi) is 3.81. The van der Waals surface area contributed by atoms with Gasteiger partial charge in [-0.1, -0.05) is 0 Å². The van der Waals surface area contributed by atoms with Crippen molar-refractivity contribution in [3.8, 4) is 0 Å². The summed E-state index contributed by atoms with van der Waals surface area (Å²) >= 11 is 0. The number of amides is 1. The normalized spacial score (nSPS) is 32.0. The van der Waals surface area contributed by atoms with E-state index in [1.54, 1.807) is 4.90 Å². The van der Waals surface area contributed by atoms with Gasteiger partial charge < -0.3 is 19.0 Å². The lowest BCUT2D eigenvalue weighted by Gasteiger charge is -2.30. The Hall–Kier alpha value is -1.14. The minimum absolute atomic E-state index is 0.206. The summed E-state index contributed by atoms with van der Waals surface area (Å²) in [7, 11) is 0. The molecule has 0 N–H and O–H groups in total. The van der Waals surface area contributed by atoms with Crippen molar-refractivity contribution in [2.75, 3.05) is 6.54 Å². The molecule has 0 radical (unpaired) electrons. The Morgan fingerprint density at radius 3 is 2.60 bits per heavy atom. The summed E-state index contributed by atoms with van der Waals surface area (Å²) in [5, 5.41) is 0. The van der Waals surface area contributed by atoms with Gasteiger partial charge in [0.15, 0.2) is 5.79 Å². The standard InChI is InChI=1S/C14H23NO5/c1-13(2,3)20-12(17)15-8-10-11(9(15)6-7-16)19-14(4,5)18-10/h7,9-11H,6,8H2,1-5H3/t9-,10-,11+/m1/s1. The molecule has 114 valence electrons. The molecule has 2 heterocycles. The molecule has 2 saturated heterocycles. The van der Waals surface area contributed by atoms with Gasteiger partial charge in [0, 0.05) is 6.42 Å². The van der Waals surface area contributed by atoms with Gasteiger partial charge in [-0.25, -0.2) is 4.79 Å². The molecule has 6 nitrogen and oxygen atoms in total. The molecule has 0 aromatic heterocycles. The summed E-state index contributed by atoms with van der Waals surface area (Å²) in [6.07, 6.45) is 0.118. The van der Waals surface area contributed by atoms with Crippen molar-refractivity contribution in [3.05, 3.63) is 0 Å². The first-order valence-corrected chi connectivity index (χ1v) is 6.92. The van der Waals surface area contributed by atoms with Crippen molar-refractivity contribution in [2.24, 2.45) is 0 Å². The summed E-state index contributed by atoms with van der Waals surface area (Å²) in [6.45, 7) is 9.50. The second-order valence-electron chi connectivity index (χ2n) is 6.74. The van der Waals surface area contributed by atoms with Gasteiger partial charge in [0.2, 0.25) is 0 Å². The number of fused-ring (bicyclic) bond motifs is 1. The van der Waals surface area contributed by atoms with E-state index in [-0.39, 0.29) is 24.7 Å². The van der Waals surface area contributed by atoms with Crippen LogP contribution in [0.5, 0.6) is 0 Å². The second kappa shape index (κ2) is 5.00. The van der Waals surface area contributed by atoms with Crippen LogP contribution in [0.4, 0.5) is 4.79 Å². The van der Waals surface area contributed by atoms with Crippen LogP contribution in [-0.4, -0.2) is 53.5 Å². The molecule has 3 atom stereocenters. The Bertz CT molecular complexity index is 401. The smallest absolute Gasteiger partial charge is 0.410 e. The van der Waals surface area contributed by atoms with E-state index in [0.29, 0.717) is 6.54 Å². The van der Waals surface area contributed by atoms with Crippen LogP contribution in [0.25, 0.3) is 0 Å². The van der Waals surface area contributed by atoms with Crippen LogP contribution in [0.3, 0.4) is 0 Å². The van der Waals surface area contributed by atoms with Gasteiger partial charge in [-0.15, -0.1) is 0 Å². The molecule has 2 fully saturated rings. The zero-order valence-corrected chi connectivity index (χ0v) is 12.7. The number of nitrogens with zero attached hydrogens (tertiary/aromatic N) is 1. The van der Waals surface area contributed by atoms with Gasteiger partial charge in [0.1, 0.15) is 24.1 Å². The molecule has 0 unspecified atom stereocenters. The predicted octanol–water partition coefficient (Wildman–Crippen LogP) is 1.71. The van der Waals surface area contributed by atoms with Gasteiger partial charge in [-0.2, -0.15) is 0 Å². The number of rotatable bonds is 2. The summed E-state index contributed by atoms with van der Waals surface area (Å²) < 4.78 is 17.0. The summed E-state index contributed by atoms with van der Waals surface area (Å²) in [4.78, 5) is 24.7. The average Bonchev–Trinajstić information content (AvgIpc) is 2.70. The van der Waals surface area contributed by atoms with Crippen LogP contribution in [-0.2, 0) is 19.0 Å². The third kappa shape index (κ3) is 3.12. The van der Waals surface area contributed by atoms with Crippen LogP contribution < -0.4 is 0 Å². The molecule has 2 aliphatic heterocycles. The number of ether oxygens (including phenoxy) is 3. The van der Waals surface area contributed by atoms with Crippen LogP contribution in [0.2, 0.25) is 0 Å². The second-order valence-corrected chi connectivity index (χ2v) is 6.74. The Labute approximate surface area is 119 Å². The van der Waals surface area contributed by atoms with Gasteiger partial charge >= 0.3 is 6.09 Å². The Morgan fingerprint density at radius 2 is 2.05 bits per heavy atom. The maximum atomic E-state index is 12.2. The minimum atomic E-state index is -0.670. The fraction of sp³-hybridized carbons (Fsp3) is 0.857. The van der Waals surface area contributed by atoms with Crippen LogP contribution in [0.1, 0.15) is 41.0 Å². The number of carbonyl (C=O) groups excluding carboxylic acids is 2. The van der Waals surface area contributed by atoms with E-state index in [1.807, 2.05) is 34.6 Å². The number of hydrogen-bond acceptors (Lipinski definition) is 5. The molecule has 0 aromatic carbocycles. The largest absolute Gasteiger partial charge is 0.444 e. The van der Waals surface area contributed by atoms with Gasteiger partial charge in [-0.3, -0.25) is 4.90 Å². The van der Waals surface area contributed by atoms with E-state index in [1.165, 1.54) is 0 Å². The van der Waals surface area contributed by atoms with Crippen molar-refractivity contribution in [2.45, 2.75) is 70.7 Å². The molecule has 0 aliphatic carbocycles. The number of hydrogen-bond donors (Lipinski definition) is 0. The van der Waals surface area contributed by atoms with E-state index in [2.05, 4.69) is 0 Å². The Balaban J connectivity index is 2.11. The number of carbonyl (C=O) groups is 2. The van der Waals surface area contributed by atoms with Crippen molar-refractivity contribution in [1.82, 2.24) is 4.90 Å². The van der Waals surface area contributed by atoms with Crippen LogP contribution >= 0.6 is 0 Å². The van der Waals surface area contributed by atoms with Crippen molar-refractivity contribution in [1.29, 1.82) is 0 Å². The van der Waals surface area contributed by atoms with E-state index < -0.39 is 17.5 Å². The molecule has 0 saturated carbocycles. The predicted molar refractivity (Wildman–Crippen MR) is 71.2 cm³/mol.